The Bertz CT molecular complexity index is 946. The zero-order valence-electron chi connectivity index (χ0n) is 17.7. The lowest BCUT2D eigenvalue weighted by atomic mass is 9.98. The summed E-state index contributed by atoms with van der Waals surface area (Å²) in [6.45, 7) is -0.227. The number of rotatable bonds is 6. The van der Waals surface area contributed by atoms with Crippen LogP contribution in [0.2, 0.25) is 0 Å². The molecule has 2 aromatic carbocycles. The van der Waals surface area contributed by atoms with Crippen molar-refractivity contribution in [1.29, 1.82) is 0 Å². The molecule has 2 aliphatic heterocycles. The number of piperidine rings is 1. The lowest BCUT2D eigenvalue weighted by Gasteiger charge is -2.40. The average molecular weight is 475 g/mol. The van der Waals surface area contributed by atoms with Crippen LogP contribution in [0.5, 0.6) is 11.5 Å². The quantitative estimate of drug-likeness (QED) is 0.363. The first-order valence-electron chi connectivity index (χ1n) is 10.5. The van der Waals surface area contributed by atoms with Crippen LogP contribution in [0.3, 0.4) is 0 Å². The summed E-state index contributed by atoms with van der Waals surface area (Å²) in [6.07, 6.45) is -6.23. The second-order valence-electron chi connectivity index (χ2n) is 8.26. The molecule has 33 heavy (non-hydrogen) atoms. The van der Waals surface area contributed by atoms with Crippen molar-refractivity contribution in [2.45, 2.75) is 56.2 Å². The molecular weight excluding hydrogens is 452 g/mol. The van der Waals surface area contributed by atoms with Gasteiger partial charge >= 0.3 is 12.4 Å². The Hall–Kier alpha value is -2.62. The molecule has 4 nitrogen and oxygen atoms in total. The van der Waals surface area contributed by atoms with Crippen molar-refractivity contribution in [3.8, 4) is 11.5 Å². The van der Waals surface area contributed by atoms with Crippen molar-refractivity contribution < 1.29 is 40.6 Å². The Morgan fingerprint density at radius 3 is 1.94 bits per heavy atom. The van der Waals surface area contributed by atoms with Gasteiger partial charge in [-0.25, -0.2) is 0 Å². The van der Waals surface area contributed by atoms with E-state index in [0.29, 0.717) is 12.8 Å². The zero-order chi connectivity index (χ0) is 23.8. The first-order valence-corrected chi connectivity index (χ1v) is 10.5. The van der Waals surface area contributed by atoms with Crippen molar-refractivity contribution in [2.24, 2.45) is 0 Å². The number of hydrogen-bond donors (Lipinski definition) is 0. The molecule has 2 saturated heterocycles. The molecule has 2 heterocycles. The Morgan fingerprint density at radius 2 is 1.39 bits per heavy atom. The van der Waals surface area contributed by atoms with E-state index in [4.69, 9.17) is 14.2 Å². The summed E-state index contributed by atoms with van der Waals surface area (Å²) in [5.41, 5.74) is -0.812. The van der Waals surface area contributed by atoms with E-state index < -0.39 is 23.5 Å². The Labute approximate surface area is 187 Å². The van der Waals surface area contributed by atoms with Crippen LogP contribution in [0.15, 0.2) is 42.5 Å². The number of nitrogens with zero attached hydrogens (tertiary/aromatic N) is 1. The molecule has 180 valence electrons. The van der Waals surface area contributed by atoms with E-state index >= 15 is 0 Å². The summed E-state index contributed by atoms with van der Waals surface area (Å²) in [5, 5.41) is 0. The van der Waals surface area contributed by atoms with Gasteiger partial charge in [-0.1, -0.05) is 0 Å². The van der Waals surface area contributed by atoms with Crippen LogP contribution in [-0.2, 0) is 17.1 Å². The molecule has 2 atom stereocenters. The van der Waals surface area contributed by atoms with Crippen molar-refractivity contribution in [3.63, 3.8) is 0 Å². The number of benzene rings is 2. The second-order valence-corrected chi connectivity index (χ2v) is 8.26. The number of fused-ring (bicyclic) bond motifs is 2. The maximum atomic E-state index is 13.1. The molecule has 2 unspecified atom stereocenters. The maximum absolute atomic E-state index is 13.1. The van der Waals surface area contributed by atoms with E-state index in [2.05, 4.69) is 4.90 Å². The molecule has 2 bridgehead atoms. The Balaban J connectivity index is 1.48. The maximum Gasteiger partial charge on any atom is 0.416 e. The van der Waals surface area contributed by atoms with Crippen LogP contribution in [0, 0.1) is 0 Å². The zero-order valence-corrected chi connectivity index (χ0v) is 17.7. The van der Waals surface area contributed by atoms with Gasteiger partial charge in [-0.2, -0.15) is 26.3 Å². The summed E-state index contributed by atoms with van der Waals surface area (Å²) in [6, 6.07) is 8.37. The lowest BCUT2D eigenvalue weighted by molar-refractivity contribution is -0.138. The van der Waals surface area contributed by atoms with Crippen LogP contribution < -0.4 is 14.4 Å². The van der Waals surface area contributed by atoms with Gasteiger partial charge in [0.2, 0.25) is 0 Å². The van der Waals surface area contributed by atoms with Crippen molar-refractivity contribution >= 4 is 5.69 Å². The van der Waals surface area contributed by atoms with Crippen LogP contribution in [-0.4, -0.2) is 32.1 Å². The van der Waals surface area contributed by atoms with E-state index in [1.807, 2.05) is 0 Å². The molecule has 2 aromatic rings. The van der Waals surface area contributed by atoms with E-state index in [-0.39, 0.29) is 36.5 Å². The third-order valence-electron chi connectivity index (χ3n) is 6.08. The van der Waals surface area contributed by atoms with Crippen LogP contribution in [0.4, 0.5) is 32.0 Å². The summed E-state index contributed by atoms with van der Waals surface area (Å²) < 4.78 is 94.1. The largest absolute Gasteiger partial charge is 0.486 e. The van der Waals surface area contributed by atoms with E-state index in [1.165, 1.54) is 25.3 Å². The molecule has 2 fully saturated rings. The smallest absolute Gasteiger partial charge is 0.416 e. The lowest BCUT2D eigenvalue weighted by Crippen LogP contribution is -2.46. The number of anilines is 1. The number of alkyl halides is 6. The van der Waals surface area contributed by atoms with Crippen molar-refractivity contribution in [2.75, 3.05) is 18.8 Å². The summed E-state index contributed by atoms with van der Waals surface area (Å²) >= 11 is 0. The van der Waals surface area contributed by atoms with Crippen LogP contribution in [0.25, 0.3) is 0 Å². The standard InChI is InChI=1S/C23H23F6NO3/c1-31-13-32-21-10-15(23(27,28)29)4-9-20(21)33-19-11-17-7-8-18(12-19)30(17)16-5-2-14(3-6-16)22(24,25)26/h2-6,9-10,17-19H,7-8,11-13H2,1H3. The van der Waals surface area contributed by atoms with Gasteiger partial charge < -0.3 is 19.1 Å². The molecule has 0 N–H and O–H groups in total. The molecule has 0 amide bonds. The second kappa shape index (κ2) is 8.96. The predicted molar refractivity (Wildman–Crippen MR) is 108 cm³/mol. The highest BCUT2D eigenvalue weighted by atomic mass is 19.4. The van der Waals surface area contributed by atoms with Gasteiger partial charge in [0.1, 0.15) is 6.10 Å². The van der Waals surface area contributed by atoms with Gasteiger partial charge in [0.15, 0.2) is 18.3 Å². The van der Waals surface area contributed by atoms with Crippen molar-refractivity contribution in [1.82, 2.24) is 0 Å². The number of ether oxygens (including phenoxy) is 3. The first-order chi connectivity index (χ1) is 15.6. The number of methoxy groups -OCH3 is 1. The molecule has 0 saturated carbocycles. The highest BCUT2D eigenvalue weighted by Gasteiger charge is 2.42. The normalized spacial score (nSPS) is 23.0. The van der Waals surface area contributed by atoms with Crippen molar-refractivity contribution in [3.05, 3.63) is 53.6 Å². The molecule has 0 radical (unpaired) electrons. The van der Waals surface area contributed by atoms with Gasteiger partial charge in [-0.15, -0.1) is 0 Å². The minimum Gasteiger partial charge on any atom is -0.486 e. The molecule has 0 aliphatic carbocycles. The molecule has 0 spiro atoms. The van der Waals surface area contributed by atoms with Gasteiger partial charge in [-0.05, 0) is 55.3 Å². The number of hydrogen-bond acceptors (Lipinski definition) is 4. The third-order valence-corrected chi connectivity index (χ3v) is 6.08. The monoisotopic (exact) mass is 475 g/mol. The highest BCUT2D eigenvalue weighted by Crippen LogP contribution is 2.43. The summed E-state index contributed by atoms with van der Waals surface area (Å²) in [4.78, 5) is 2.13. The topological polar surface area (TPSA) is 30.9 Å². The SMILES string of the molecule is COCOc1cc(C(F)(F)F)ccc1OC1CC2CCC(C1)N2c1ccc(C(F)(F)F)cc1. The molecular formula is C23H23F6NO3. The first kappa shape index (κ1) is 23.5. The van der Waals surface area contributed by atoms with Gasteiger partial charge in [-0.3, -0.25) is 0 Å². The van der Waals surface area contributed by atoms with Gasteiger partial charge in [0.25, 0.3) is 0 Å². The fourth-order valence-corrected chi connectivity index (χ4v) is 4.66. The van der Waals surface area contributed by atoms with Crippen LogP contribution in [0.1, 0.15) is 36.8 Å². The third kappa shape index (κ3) is 5.15. The minimum atomic E-state index is -4.52. The van der Waals surface area contributed by atoms with E-state index in [9.17, 15) is 26.3 Å². The fourth-order valence-electron chi connectivity index (χ4n) is 4.66. The molecule has 2 aliphatic rings. The highest BCUT2D eigenvalue weighted by molar-refractivity contribution is 5.52. The van der Waals surface area contributed by atoms with Crippen LogP contribution >= 0.6 is 0 Å². The average Bonchev–Trinajstić information content (AvgIpc) is 3.02. The molecule has 10 heteroatoms. The van der Waals surface area contributed by atoms with E-state index in [0.717, 1.165) is 42.8 Å². The van der Waals surface area contributed by atoms with Gasteiger partial charge in [0.05, 0.1) is 11.1 Å². The van der Waals surface area contributed by atoms with E-state index in [1.54, 1.807) is 0 Å². The Kier molecular flexibility index (Phi) is 6.39. The number of halogens is 6. The molecule has 4 rings (SSSR count). The minimum absolute atomic E-state index is 0.0517. The Morgan fingerprint density at radius 1 is 0.818 bits per heavy atom. The van der Waals surface area contributed by atoms with Gasteiger partial charge in [0, 0.05) is 37.7 Å². The predicted octanol–water partition coefficient (Wildman–Crippen LogP) is 6.29. The summed E-state index contributed by atoms with van der Waals surface area (Å²) in [7, 11) is 1.36. The summed E-state index contributed by atoms with van der Waals surface area (Å²) in [5.74, 6) is 0.150. The fraction of sp³-hybridized carbons (Fsp3) is 0.478. The molecule has 0 aromatic heterocycles.